The number of benzene rings is 2. The average Bonchev–Trinajstić information content (AvgIpc) is 2.53. The number of carbonyl (C=O) groups excluding carboxylic acids is 1. The molecule has 0 fully saturated rings. The lowest BCUT2D eigenvalue weighted by molar-refractivity contribution is -0.139. The maximum absolute atomic E-state index is 13.0. The fraction of sp³-hybridized carbons (Fsp3) is 0.176. The van der Waals surface area contributed by atoms with Crippen LogP contribution < -0.4 is 5.32 Å². The van der Waals surface area contributed by atoms with Gasteiger partial charge in [-0.1, -0.05) is 35.9 Å². The Hall–Kier alpha value is -2.54. The zero-order chi connectivity index (χ0) is 18.6. The largest absolute Gasteiger partial charge is 0.480 e. The molecule has 0 saturated heterocycles. The summed E-state index contributed by atoms with van der Waals surface area (Å²) in [6.45, 7) is 0. The Bertz CT molecular complexity index is 793. The molecular weight excluding hydrogens is 359 g/mol. The van der Waals surface area contributed by atoms with Gasteiger partial charge in [0.1, 0.15) is 6.04 Å². The molecule has 0 saturated carbocycles. The van der Waals surface area contributed by atoms with Crippen molar-refractivity contribution in [3.05, 3.63) is 70.2 Å². The molecule has 0 radical (unpaired) electrons. The molecule has 25 heavy (non-hydrogen) atoms. The van der Waals surface area contributed by atoms with E-state index in [1.165, 1.54) is 12.1 Å². The van der Waals surface area contributed by atoms with E-state index in [2.05, 4.69) is 5.32 Å². The van der Waals surface area contributed by atoms with Crippen molar-refractivity contribution < 1.29 is 27.9 Å². The fourth-order valence-electron chi connectivity index (χ4n) is 2.26. The number of hydrogen-bond acceptors (Lipinski definition) is 2. The summed E-state index contributed by atoms with van der Waals surface area (Å²) in [5.74, 6) is -2.47. The van der Waals surface area contributed by atoms with Gasteiger partial charge in [0.05, 0.1) is 11.1 Å². The van der Waals surface area contributed by atoms with Gasteiger partial charge in [0.2, 0.25) is 0 Å². The molecular formula is C17H13ClF3NO3. The zero-order valence-corrected chi connectivity index (χ0v) is 13.4. The average molecular weight is 372 g/mol. The van der Waals surface area contributed by atoms with E-state index >= 15 is 0 Å². The van der Waals surface area contributed by atoms with Crippen LogP contribution in [0.25, 0.3) is 0 Å². The van der Waals surface area contributed by atoms with Gasteiger partial charge in [-0.25, -0.2) is 4.79 Å². The van der Waals surface area contributed by atoms with Crippen molar-refractivity contribution in [2.45, 2.75) is 18.6 Å². The van der Waals surface area contributed by atoms with Crippen molar-refractivity contribution in [3.8, 4) is 0 Å². The third kappa shape index (κ3) is 4.96. The first-order valence-electron chi connectivity index (χ1n) is 7.13. The summed E-state index contributed by atoms with van der Waals surface area (Å²) in [7, 11) is 0. The van der Waals surface area contributed by atoms with Gasteiger partial charge in [0.15, 0.2) is 0 Å². The van der Waals surface area contributed by atoms with Crippen molar-refractivity contribution in [2.75, 3.05) is 0 Å². The van der Waals surface area contributed by atoms with Crippen LogP contribution in [0.15, 0.2) is 48.5 Å². The molecule has 0 unspecified atom stereocenters. The highest BCUT2D eigenvalue weighted by Gasteiger charge is 2.35. The number of halogens is 4. The van der Waals surface area contributed by atoms with E-state index in [1.54, 1.807) is 18.2 Å². The van der Waals surface area contributed by atoms with E-state index in [4.69, 9.17) is 11.6 Å². The molecule has 132 valence electrons. The molecule has 0 heterocycles. The van der Waals surface area contributed by atoms with Crippen LogP contribution in [-0.4, -0.2) is 23.0 Å². The molecule has 4 nitrogen and oxygen atoms in total. The Balaban J connectivity index is 2.23. The summed E-state index contributed by atoms with van der Waals surface area (Å²) in [4.78, 5) is 23.6. The smallest absolute Gasteiger partial charge is 0.417 e. The Morgan fingerprint density at radius 3 is 2.40 bits per heavy atom. The summed E-state index contributed by atoms with van der Waals surface area (Å²) in [5, 5.41) is 11.8. The third-order valence-corrected chi connectivity index (χ3v) is 3.64. The van der Waals surface area contributed by atoms with Crippen molar-refractivity contribution in [1.82, 2.24) is 5.32 Å². The Morgan fingerprint density at radius 1 is 1.12 bits per heavy atom. The van der Waals surface area contributed by atoms with E-state index in [0.29, 0.717) is 10.6 Å². The molecule has 1 atom stereocenters. The van der Waals surface area contributed by atoms with Crippen LogP contribution in [0.3, 0.4) is 0 Å². The Kier molecular flexibility index (Phi) is 5.69. The summed E-state index contributed by atoms with van der Waals surface area (Å²) in [5.41, 5.74) is -1.23. The fourth-order valence-corrected chi connectivity index (χ4v) is 2.48. The van der Waals surface area contributed by atoms with Gasteiger partial charge >= 0.3 is 12.1 Å². The predicted molar refractivity (Wildman–Crippen MR) is 85.5 cm³/mol. The first kappa shape index (κ1) is 18.8. The number of amides is 1. The number of carboxylic acid groups (broad SMARTS) is 1. The molecule has 0 aliphatic carbocycles. The van der Waals surface area contributed by atoms with E-state index in [1.807, 2.05) is 0 Å². The summed E-state index contributed by atoms with van der Waals surface area (Å²) < 4.78 is 39.0. The Labute approximate surface area is 146 Å². The van der Waals surface area contributed by atoms with Gasteiger partial charge in [-0.05, 0) is 29.8 Å². The minimum atomic E-state index is -4.72. The van der Waals surface area contributed by atoms with Crippen LogP contribution in [0.5, 0.6) is 0 Å². The number of carbonyl (C=O) groups is 2. The second kappa shape index (κ2) is 7.57. The molecule has 2 aromatic carbocycles. The highest BCUT2D eigenvalue weighted by atomic mass is 35.5. The third-order valence-electron chi connectivity index (χ3n) is 3.41. The molecule has 0 aliphatic rings. The van der Waals surface area contributed by atoms with Crippen LogP contribution in [0, 0.1) is 0 Å². The van der Waals surface area contributed by atoms with E-state index in [9.17, 15) is 27.9 Å². The quantitative estimate of drug-likeness (QED) is 0.840. The summed E-state index contributed by atoms with van der Waals surface area (Å²) >= 11 is 5.82. The van der Waals surface area contributed by atoms with Crippen LogP contribution in [0.1, 0.15) is 21.5 Å². The SMILES string of the molecule is O=C(N[C@H](Cc1cccc(Cl)c1)C(=O)O)c1ccccc1C(F)(F)F. The van der Waals surface area contributed by atoms with Gasteiger partial charge in [-0.2, -0.15) is 13.2 Å². The number of rotatable bonds is 5. The van der Waals surface area contributed by atoms with Gasteiger partial charge in [0.25, 0.3) is 5.91 Å². The summed E-state index contributed by atoms with van der Waals surface area (Å²) in [6.07, 6.45) is -4.84. The molecule has 0 spiro atoms. The summed E-state index contributed by atoms with van der Waals surface area (Å²) in [6, 6.07) is 9.13. The van der Waals surface area contributed by atoms with Crippen LogP contribution in [0.4, 0.5) is 13.2 Å². The lowest BCUT2D eigenvalue weighted by Crippen LogP contribution is -2.42. The molecule has 0 aliphatic heterocycles. The maximum Gasteiger partial charge on any atom is 0.417 e. The first-order chi connectivity index (χ1) is 11.7. The first-order valence-corrected chi connectivity index (χ1v) is 7.50. The Morgan fingerprint density at radius 2 is 1.80 bits per heavy atom. The van der Waals surface area contributed by atoms with Crippen LogP contribution in [0.2, 0.25) is 5.02 Å². The van der Waals surface area contributed by atoms with E-state index in [-0.39, 0.29) is 6.42 Å². The minimum Gasteiger partial charge on any atom is -0.480 e. The van der Waals surface area contributed by atoms with Crippen molar-refractivity contribution in [2.24, 2.45) is 0 Å². The lowest BCUT2D eigenvalue weighted by Gasteiger charge is -2.17. The standard InChI is InChI=1S/C17H13ClF3NO3/c18-11-5-3-4-10(8-11)9-14(16(24)25)22-15(23)12-6-1-2-7-13(12)17(19,20)21/h1-8,14H,9H2,(H,22,23)(H,24,25)/t14-/m1/s1. The van der Waals surface area contributed by atoms with Crippen LogP contribution >= 0.6 is 11.6 Å². The normalized spacial score (nSPS) is 12.5. The molecule has 1 amide bonds. The van der Waals surface area contributed by atoms with Crippen molar-refractivity contribution in [3.63, 3.8) is 0 Å². The highest BCUT2D eigenvalue weighted by Crippen LogP contribution is 2.31. The molecule has 2 rings (SSSR count). The second-order valence-corrected chi connectivity index (χ2v) is 5.68. The molecule has 2 N–H and O–H groups in total. The van der Waals surface area contributed by atoms with Crippen LogP contribution in [-0.2, 0) is 17.4 Å². The number of hydrogen-bond donors (Lipinski definition) is 2. The van der Waals surface area contributed by atoms with Gasteiger partial charge < -0.3 is 10.4 Å². The van der Waals surface area contributed by atoms with E-state index in [0.717, 1.165) is 18.2 Å². The second-order valence-electron chi connectivity index (χ2n) is 5.24. The molecule has 8 heteroatoms. The number of carboxylic acids is 1. The van der Waals surface area contributed by atoms with Crippen molar-refractivity contribution >= 4 is 23.5 Å². The van der Waals surface area contributed by atoms with Gasteiger partial charge in [0, 0.05) is 11.4 Å². The molecule has 0 bridgehead atoms. The number of alkyl halides is 3. The maximum atomic E-state index is 13.0. The minimum absolute atomic E-state index is 0.115. The highest BCUT2D eigenvalue weighted by molar-refractivity contribution is 6.30. The predicted octanol–water partition coefficient (Wildman–Crippen LogP) is 3.78. The number of aliphatic carboxylic acids is 1. The van der Waals surface area contributed by atoms with Gasteiger partial charge in [-0.15, -0.1) is 0 Å². The topological polar surface area (TPSA) is 66.4 Å². The van der Waals surface area contributed by atoms with Gasteiger partial charge in [-0.3, -0.25) is 4.79 Å². The monoisotopic (exact) mass is 371 g/mol. The number of nitrogens with one attached hydrogen (secondary N) is 1. The zero-order valence-electron chi connectivity index (χ0n) is 12.7. The van der Waals surface area contributed by atoms with Crippen molar-refractivity contribution in [1.29, 1.82) is 0 Å². The molecule has 0 aromatic heterocycles. The molecule has 2 aromatic rings. The lowest BCUT2D eigenvalue weighted by atomic mass is 10.0. The van der Waals surface area contributed by atoms with E-state index < -0.39 is 35.2 Å².